The maximum Gasteiger partial charge on any atom is 0.325 e. The molecule has 4 rings (SSSR count). The van der Waals surface area contributed by atoms with E-state index in [9.17, 15) is 9.59 Å². The highest BCUT2D eigenvalue weighted by atomic mass is 16.2. The van der Waals surface area contributed by atoms with Gasteiger partial charge in [-0.3, -0.25) is 10.1 Å². The van der Waals surface area contributed by atoms with Gasteiger partial charge in [-0.2, -0.15) is 5.10 Å². The zero-order valence-corrected chi connectivity index (χ0v) is 17.2. The first-order chi connectivity index (χ1) is 14.4. The topological polar surface area (TPSA) is 89.4 Å². The monoisotopic (exact) mass is 404 g/mol. The zero-order valence-electron chi connectivity index (χ0n) is 17.2. The second-order valence-corrected chi connectivity index (χ2v) is 7.51. The molecule has 2 aromatic rings. The predicted octanol–water partition coefficient (Wildman–Crippen LogP) is 2.06. The number of rotatable bonds is 4. The Hall–Kier alpha value is -3.68. The molecule has 8 nitrogen and oxygen atoms in total. The Labute approximate surface area is 175 Å². The van der Waals surface area contributed by atoms with Crippen molar-refractivity contribution in [1.82, 2.24) is 20.5 Å². The maximum atomic E-state index is 12.7. The SMILES string of the molecule is C/C(=N/NC1=NC2C(C(=O)NC(=O)N2C)N1Cc1ccc(C)cc1)c1ccccc1. The van der Waals surface area contributed by atoms with Crippen molar-refractivity contribution in [3.05, 3.63) is 71.3 Å². The standard InChI is InChI=1S/C22H24N6O2/c1-14-9-11-16(12-10-14)13-28-18-19(27(3)22(30)24-20(18)29)23-21(28)26-25-15(2)17-7-5-4-6-8-17/h4-12,18-19H,13H2,1-3H3,(H,23,26)(H,24,29,30)/b25-15-. The highest BCUT2D eigenvalue weighted by Crippen LogP contribution is 2.25. The summed E-state index contributed by atoms with van der Waals surface area (Å²) in [6.45, 7) is 4.39. The number of nitrogens with zero attached hydrogens (tertiary/aromatic N) is 4. The van der Waals surface area contributed by atoms with E-state index in [0.717, 1.165) is 22.4 Å². The highest BCUT2D eigenvalue weighted by molar-refractivity contribution is 6.04. The minimum atomic E-state index is -0.622. The van der Waals surface area contributed by atoms with Crippen molar-refractivity contribution < 1.29 is 9.59 Å². The van der Waals surface area contributed by atoms with Gasteiger partial charge in [0, 0.05) is 13.6 Å². The third-order valence-electron chi connectivity index (χ3n) is 5.35. The van der Waals surface area contributed by atoms with Crippen molar-refractivity contribution in [1.29, 1.82) is 0 Å². The molecule has 2 heterocycles. The van der Waals surface area contributed by atoms with Crippen LogP contribution in [-0.2, 0) is 11.3 Å². The Balaban J connectivity index is 1.63. The number of carbonyl (C=O) groups is 2. The number of nitrogens with one attached hydrogen (secondary N) is 2. The Bertz CT molecular complexity index is 1020. The van der Waals surface area contributed by atoms with Crippen LogP contribution in [0.2, 0.25) is 0 Å². The molecular formula is C22H24N6O2. The van der Waals surface area contributed by atoms with Crippen LogP contribution in [0.1, 0.15) is 23.6 Å². The van der Waals surface area contributed by atoms with Gasteiger partial charge in [0.25, 0.3) is 5.91 Å². The lowest BCUT2D eigenvalue weighted by molar-refractivity contribution is -0.127. The van der Waals surface area contributed by atoms with Crippen LogP contribution >= 0.6 is 0 Å². The molecule has 0 radical (unpaired) electrons. The number of aryl methyl sites for hydroxylation is 1. The lowest BCUT2D eigenvalue weighted by Crippen LogP contribution is -2.63. The summed E-state index contributed by atoms with van der Waals surface area (Å²) in [7, 11) is 1.63. The first kappa shape index (κ1) is 19.6. The first-order valence-electron chi connectivity index (χ1n) is 9.77. The van der Waals surface area contributed by atoms with Crippen LogP contribution in [-0.4, -0.2) is 52.7 Å². The molecule has 0 aromatic heterocycles. The molecule has 1 saturated heterocycles. The average molecular weight is 404 g/mol. The van der Waals surface area contributed by atoms with Crippen molar-refractivity contribution in [3.8, 4) is 0 Å². The van der Waals surface area contributed by atoms with E-state index in [1.807, 2.05) is 73.3 Å². The van der Waals surface area contributed by atoms with Gasteiger partial charge in [-0.05, 0) is 25.0 Å². The van der Waals surface area contributed by atoms with E-state index >= 15 is 0 Å². The minimum absolute atomic E-state index is 0.362. The zero-order chi connectivity index (χ0) is 21.3. The summed E-state index contributed by atoms with van der Waals surface area (Å²) in [5.74, 6) is 0.0945. The van der Waals surface area contributed by atoms with Gasteiger partial charge in [0.1, 0.15) is 0 Å². The number of fused-ring (bicyclic) bond motifs is 1. The molecule has 0 aliphatic carbocycles. The third-order valence-corrected chi connectivity index (χ3v) is 5.35. The van der Waals surface area contributed by atoms with Gasteiger partial charge in [0.15, 0.2) is 12.2 Å². The molecule has 0 spiro atoms. The van der Waals surface area contributed by atoms with Crippen LogP contribution in [0.5, 0.6) is 0 Å². The maximum absolute atomic E-state index is 12.7. The molecule has 2 aromatic carbocycles. The van der Waals surface area contributed by atoms with E-state index in [1.165, 1.54) is 4.90 Å². The number of hydrogen-bond acceptors (Lipinski definition) is 6. The number of hydrogen-bond donors (Lipinski definition) is 2. The number of guanidine groups is 1. The summed E-state index contributed by atoms with van der Waals surface area (Å²) in [4.78, 5) is 32.6. The lowest BCUT2D eigenvalue weighted by Gasteiger charge is -2.36. The average Bonchev–Trinajstić information content (AvgIpc) is 3.11. The van der Waals surface area contributed by atoms with E-state index in [0.29, 0.717) is 12.5 Å². The highest BCUT2D eigenvalue weighted by Gasteiger charge is 2.48. The summed E-state index contributed by atoms with van der Waals surface area (Å²) < 4.78 is 0. The summed E-state index contributed by atoms with van der Waals surface area (Å²) in [5.41, 5.74) is 6.99. The van der Waals surface area contributed by atoms with Gasteiger partial charge in [0.2, 0.25) is 5.96 Å². The molecule has 2 aliphatic heterocycles. The number of hydrazone groups is 1. The van der Waals surface area contributed by atoms with Crippen molar-refractivity contribution >= 4 is 23.6 Å². The normalized spacial score (nSPS) is 21.3. The van der Waals surface area contributed by atoms with Gasteiger partial charge < -0.3 is 9.80 Å². The molecule has 1 fully saturated rings. The van der Waals surface area contributed by atoms with Crippen molar-refractivity contribution in [2.75, 3.05) is 7.05 Å². The number of amides is 3. The predicted molar refractivity (Wildman–Crippen MR) is 115 cm³/mol. The molecule has 2 aliphatic rings. The summed E-state index contributed by atoms with van der Waals surface area (Å²) in [6, 6.07) is 16.8. The number of aliphatic imine (C=N–C) groups is 1. The molecule has 2 N–H and O–H groups in total. The van der Waals surface area contributed by atoms with Crippen molar-refractivity contribution in [2.45, 2.75) is 32.6 Å². The van der Waals surface area contributed by atoms with E-state index < -0.39 is 18.2 Å². The molecular weight excluding hydrogens is 380 g/mol. The molecule has 0 saturated carbocycles. The number of likely N-dealkylation sites (N-methyl/N-ethyl adjacent to an activating group) is 1. The van der Waals surface area contributed by atoms with E-state index in [1.54, 1.807) is 7.05 Å². The molecule has 8 heteroatoms. The van der Waals surface area contributed by atoms with Crippen molar-refractivity contribution in [3.63, 3.8) is 0 Å². The molecule has 2 unspecified atom stereocenters. The van der Waals surface area contributed by atoms with Gasteiger partial charge in [-0.1, -0.05) is 60.2 Å². The number of benzene rings is 2. The van der Waals surface area contributed by atoms with E-state index in [4.69, 9.17) is 0 Å². The van der Waals surface area contributed by atoms with Gasteiger partial charge in [-0.25, -0.2) is 15.2 Å². The molecule has 0 bridgehead atoms. The molecule has 3 amide bonds. The summed E-state index contributed by atoms with van der Waals surface area (Å²) in [5, 5.41) is 6.87. The smallest absolute Gasteiger partial charge is 0.321 e. The largest absolute Gasteiger partial charge is 0.325 e. The second-order valence-electron chi connectivity index (χ2n) is 7.51. The molecule has 30 heavy (non-hydrogen) atoms. The Morgan fingerprint density at radius 2 is 1.83 bits per heavy atom. The quantitative estimate of drug-likeness (QED) is 0.603. The van der Waals surface area contributed by atoms with E-state index in [2.05, 4.69) is 20.8 Å². The fourth-order valence-electron chi connectivity index (χ4n) is 3.56. The van der Waals surface area contributed by atoms with Crippen LogP contribution in [0.25, 0.3) is 0 Å². The minimum Gasteiger partial charge on any atom is -0.321 e. The lowest BCUT2D eigenvalue weighted by atomic mass is 10.1. The first-order valence-corrected chi connectivity index (χ1v) is 9.77. The Morgan fingerprint density at radius 3 is 2.53 bits per heavy atom. The second kappa shape index (κ2) is 7.98. The van der Waals surface area contributed by atoms with Gasteiger partial charge in [-0.15, -0.1) is 0 Å². The molecule has 2 atom stereocenters. The number of urea groups is 1. The van der Waals surface area contributed by atoms with Crippen molar-refractivity contribution in [2.24, 2.45) is 10.1 Å². The molecule has 154 valence electrons. The Morgan fingerprint density at radius 1 is 1.13 bits per heavy atom. The summed E-state index contributed by atoms with van der Waals surface area (Å²) >= 11 is 0. The van der Waals surface area contributed by atoms with Crippen LogP contribution in [0, 0.1) is 6.92 Å². The van der Waals surface area contributed by atoms with E-state index in [-0.39, 0.29) is 5.91 Å². The fourth-order valence-corrected chi connectivity index (χ4v) is 3.56. The van der Waals surface area contributed by atoms with Crippen LogP contribution < -0.4 is 10.7 Å². The fraction of sp³-hybridized carbons (Fsp3) is 0.273. The number of imide groups is 1. The Kier molecular flexibility index (Phi) is 5.22. The van der Waals surface area contributed by atoms with Crippen LogP contribution in [0.3, 0.4) is 0 Å². The number of carbonyl (C=O) groups excluding carboxylic acids is 2. The third kappa shape index (κ3) is 3.76. The van der Waals surface area contributed by atoms with Gasteiger partial charge >= 0.3 is 6.03 Å². The van der Waals surface area contributed by atoms with Gasteiger partial charge in [0.05, 0.1) is 5.71 Å². The van der Waals surface area contributed by atoms with Crippen LogP contribution in [0.15, 0.2) is 64.7 Å². The summed E-state index contributed by atoms with van der Waals surface area (Å²) in [6.07, 6.45) is -0.605. The van der Waals surface area contributed by atoms with Crippen LogP contribution in [0.4, 0.5) is 4.79 Å².